The van der Waals surface area contributed by atoms with Crippen LogP contribution in [-0.2, 0) is 7.05 Å². The minimum absolute atomic E-state index is 0.0222. The number of nitrogens with zero attached hydrogens (tertiary/aromatic N) is 5. The number of aryl methyl sites for hydroxylation is 1. The summed E-state index contributed by atoms with van der Waals surface area (Å²) in [6.07, 6.45) is 9.58. The largest absolute Gasteiger partial charge is 0.351 e. The Kier molecular flexibility index (Phi) is 4.40. The van der Waals surface area contributed by atoms with Gasteiger partial charge in [-0.1, -0.05) is 23.2 Å². The van der Waals surface area contributed by atoms with E-state index in [2.05, 4.69) is 20.8 Å². The van der Waals surface area contributed by atoms with Crippen molar-refractivity contribution in [2.45, 2.75) is 68.9 Å². The highest BCUT2D eigenvalue weighted by Gasteiger charge is 2.53. The van der Waals surface area contributed by atoms with Gasteiger partial charge in [0.15, 0.2) is 0 Å². The van der Waals surface area contributed by atoms with E-state index in [4.69, 9.17) is 4.52 Å². The van der Waals surface area contributed by atoms with Crippen LogP contribution in [-0.4, -0.2) is 55.0 Å². The number of fused-ring (bicyclic) bond motifs is 1. The molecule has 2 unspecified atom stereocenters. The summed E-state index contributed by atoms with van der Waals surface area (Å²) in [5.41, 5.74) is 0.953. The summed E-state index contributed by atoms with van der Waals surface area (Å²) >= 11 is 0. The van der Waals surface area contributed by atoms with Crippen LogP contribution in [0.5, 0.6) is 0 Å². The monoisotopic (exact) mass is 398 g/mol. The number of aromatic nitrogens is 4. The molecule has 2 aromatic rings. The van der Waals surface area contributed by atoms with Crippen molar-refractivity contribution in [3.63, 3.8) is 0 Å². The first-order chi connectivity index (χ1) is 14.1. The zero-order chi connectivity index (χ0) is 20.0. The standard InChI is InChI=1S/C20H26N6O3/c1-25-15(12-21-24-25)19(28)26-10-9-20(8-4-7-17(20)26)22-18(27)16-11-14(23-29-16)13-5-2-3-6-13/h11-13,17H,2-10H2,1H3,(H,22,27). The highest BCUT2D eigenvalue weighted by atomic mass is 16.5. The fourth-order valence-corrected chi connectivity index (χ4v) is 5.45. The molecular formula is C20H26N6O3. The molecule has 154 valence electrons. The van der Waals surface area contributed by atoms with Gasteiger partial charge in [-0.2, -0.15) is 0 Å². The maximum Gasteiger partial charge on any atom is 0.290 e. The second kappa shape index (κ2) is 6.96. The molecule has 0 radical (unpaired) electrons. The lowest BCUT2D eigenvalue weighted by Gasteiger charge is -2.32. The molecule has 3 aliphatic rings. The van der Waals surface area contributed by atoms with Crippen LogP contribution < -0.4 is 5.32 Å². The molecule has 3 heterocycles. The molecule has 9 heteroatoms. The molecule has 2 aromatic heterocycles. The van der Waals surface area contributed by atoms with Crippen molar-refractivity contribution in [1.82, 2.24) is 30.4 Å². The van der Waals surface area contributed by atoms with Crippen molar-refractivity contribution in [3.05, 3.63) is 29.4 Å². The predicted octanol–water partition coefficient (Wildman–Crippen LogP) is 2.03. The van der Waals surface area contributed by atoms with Crippen LogP contribution in [0.15, 0.2) is 16.8 Å². The van der Waals surface area contributed by atoms with Crippen molar-refractivity contribution >= 4 is 11.8 Å². The number of likely N-dealkylation sites (tertiary alicyclic amines) is 1. The lowest BCUT2D eigenvalue weighted by molar-refractivity contribution is 0.0680. The van der Waals surface area contributed by atoms with Crippen LogP contribution in [0.4, 0.5) is 0 Å². The molecule has 0 spiro atoms. The van der Waals surface area contributed by atoms with E-state index >= 15 is 0 Å². The molecule has 1 aliphatic heterocycles. The second-order valence-corrected chi connectivity index (χ2v) is 8.61. The van der Waals surface area contributed by atoms with E-state index in [-0.39, 0.29) is 23.6 Å². The minimum Gasteiger partial charge on any atom is -0.351 e. The van der Waals surface area contributed by atoms with Crippen molar-refractivity contribution in [2.24, 2.45) is 7.05 Å². The molecule has 29 heavy (non-hydrogen) atoms. The Morgan fingerprint density at radius 2 is 2.03 bits per heavy atom. The third-order valence-electron chi connectivity index (χ3n) is 7.00. The van der Waals surface area contributed by atoms with Crippen LogP contribution in [0.1, 0.15) is 84.0 Å². The summed E-state index contributed by atoms with van der Waals surface area (Å²) in [5, 5.41) is 15.0. The maximum atomic E-state index is 13.0. The van der Waals surface area contributed by atoms with E-state index in [0.29, 0.717) is 18.2 Å². The van der Waals surface area contributed by atoms with Gasteiger partial charge in [0.2, 0.25) is 5.76 Å². The Morgan fingerprint density at radius 1 is 1.21 bits per heavy atom. The van der Waals surface area contributed by atoms with E-state index < -0.39 is 5.54 Å². The van der Waals surface area contributed by atoms with Crippen molar-refractivity contribution in [3.8, 4) is 0 Å². The normalized spacial score (nSPS) is 26.8. The third kappa shape index (κ3) is 3.03. The highest BCUT2D eigenvalue weighted by molar-refractivity contribution is 5.94. The van der Waals surface area contributed by atoms with Crippen LogP contribution in [0, 0.1) is 0 Å². The summed E-state index contributed by atoms with van der Waals surface area (Å²) in [7, 11) is 1.71. The van der Waals surface area contributed by atoms with Crippen molar-refractivity contribution in [1.29, 1.82) is 0 Å². The first-order valence-corrected chi connectivity index (χ1v) is 10.5. The number of amides is 2. The number of hydrogen-bond donors (Lipinski definition) is 1. The third-order valence-corrected chi connectivity index (χ3v) is 7.00. The van der Waals surface area contributed by atoms with E-state index in [1.807, 2.05) is 4.90 Å². The maximum absolute atomic E-state index is 13.0. The fourth-order valence-electron chi connectivity index (χ4n) is 5.45. The number of hydrogen-bond acceptors (Lipinski definition) is 6. The van der Waals surface area contributed by atoms with Gasteiger partial charge in [0.25, 0.3) is 11.8 Å². The number of rotatable bonds is 4. The quantitative estimate of drug-likeness (QED) is 0.845. The average molecular weight is 398 g/mol. The fraction of sp³-hybridized carbons (Fsp3) is 0.650. The lowest BCUT2D eigenvalue weighted by atomic mass is 9.92. The summed E-state index contributed by atoms with van der Waals surface area (Å²) < 4.78 is 6.88. The van der Waals surface area contributed by atoms with Gasteiger partial charge in [-0.25, -0.2) is 4.68 Å². The van der Waals surface area contributed by atoms with Gasteiger partial charge in [-0.05, 0) is 38.5 Å². The molecule has 2 atom stereocenters. The van der Waals surface area contributed by atoms with E-state index in [1.165, 1.54) is 23.7 Å². The summed E-state index contributed by atoms with van der Waals surface area (Å²) in [4.78, 5) is 27.8. The Labute approximate surface area is 168 Å². The minimum atomic E-state index is -0.404. The molecule has 2 aliphatic carbocycles. The molecule has 9 nitrogen and oxygen atoms in total. The summed E-state index contributed by atoms with van der Waals surface area (Å²) in [6, 6.07) is 1.77. The van der Waals surface area contributed by atoms with Gasteiger partial charge in [0.05, 0.1) is 23.5 Å². The molecule has 0 bridgehead atoms. The smallest absolute Gasteiger partial charge is 0.290 e. The Bertz CT molecular complexity index is 930. The van der Waals surface area contributed by atoms with E-state index in [1.54, 1.807) is 13.1 Å². The Hall–Kier alpha value is -2.71. The van der Waals surface area contributed by atoms with Gasteiger partial charge in [-0.15, -0.1) is 5.10 Å². The van der Waals surface area contributed by atoms with Crippen molar-refractivity contribution in [2.75, 3.05) is 6.54 Å². The molecular weight excluding hydrogens is 372 g/mol. The molecule has 0 aromatic carbocycles. The van der Waals surface area contributed by atoms with E-state index in [0.717, 1.165) is 44.2 Å². The van der Waals surface area contributed by atoms with Crippen molar-refractivity contribution < 1.29 is 14.1 Å². The van der Waals surface area contributed by atoms with Crippen LogP contribution in [0.3, 0.4) is 0 Å². The first-order valence-electron chi connectivity index (χ1n) is 10.5. The topological polar surface area (TPSA) is 106 Å². The number of carbonyl (C=O) groups excluding carboxylic acids is 2. The number of carbonyl (C=O) groups is 2. The predicted molar refractivity (Wildman–Crippen MR) is 102 cm³/mol. The van der Waals surface area contributed by atoms with Gasteiger partial charge in [0, 0.05) is 25.6 Å². The second-order valence-electron chi connectivity index (χ2n) is 8.61. The van der Waals surface area contributed by atoms with Gasteiger partial charge >= 0.3 is 0 Å². The van der Waals surface area contributed by atoms with Crippen LogP contribution in [0.2, 0.25) is 0 Å². The summed E-state index contributed by atoms with van der Waals surface area (Å²) in [5.74, 6) is 0.367. The average Bonchev–Trinajstić information content (AvgIpc) is 3.48. The van der Waals surface area contributed by atoms with Crippen LogP contribution in [0.25, 0.3) is 0 Å². The lowest BCUT2D eigenvalue weighted by Crippen LogP contribution is -2.54. The molecule has 1 N–H and O–H groups in total. The molecule has 3 fully saturated rings. The summed E-state index contributed by atoms with van der Waals surface area (Å²) in [6.45, 7) is 0.610. The zero-order valence-corrected chi connectivity index (χ0v) is 16.6. The molecule has 5 rings (SSSR count). The molecule has 1 saturated heterocycles. The SMILES string of the molecule is Cn1nncc1C(=O)N1CCC2(NC(=O)c3cc(C4CCCC4)no3)CCCC12. The Balaban J connectivity index is 1.32. The Morgan fingerprint density at radius 3 is 2.79 bits per heavy atom. The molecule has 2 saturated carbocycles. The molecule has 2 amide bonds. The van der Waals surface area contributed by atoms with Gasteiger partial charge in [0.1, 0.15) is 5.69 Å². The van der Waals surface area contributed by atoms with Gasteiger partial charge in [-0.3, -0.25) is 9.59 Å². The highest BCUT2D eigenvalue weighted by Crippen LogP contribution is 2.42. The number of nitrogens with one attached hydrogen (secondary N) is 1. The zero-order valence-electron chi connectivity index (χ0n) is 16.6. The van der Waals surface area contributed by atoms with E-state index in [9.17, 15) is 9.59 Å². The van der Waals surface area contributed by atoms with Crippen LogP contribution >= 0.6 is 0 Å². The first kappa shape index (κ1) is 18.3. The van der Waals surface area contributed by atoms with Gasteiger partial charge < -0.3 is 14.7 Å².